The van der Waals surface area contributed by atoms with Crippen molar-refractivity contribution in [3.63, 3.8) is 0 Å². The van der Waals surface area contributed by atoms with Gasteiger partial charge in [0.05, 0.1) is 17.8 Å². The first-order chi connectivity index (χ1) is 13.7. The van der Waals surface area contributed by atoms with Gasteiger partial charge < -0.3 is 15.5 Å². The minimum Gasteiger partial charge on any atom is -0.373 e. The molecule has 2 fully saturated rings. The summed E-state index contributed by atoms with van der Waals surface area (Å²) >= 11 is 0. The van der Waals surface area contributed by atoms with Gasteiger partial charge in [0, 0.05) is 39.1 Å². The van der Waals surface area contributed by atoms with Crippen LogP contribution < -0.4 is 16.4 Å². The summed E-state index contributed by atoms with van der Waals surface area (Å²) in [6.07, 6.45) is 1.19. The molecule has 1 aromatic heterocycles. The fraction of sp³-hybridized carbons (Fsp3) is 0.667. The quantitative estimate of drug-likeness (QED) is 0.651. The van der Waals surface area contributed by atoms with Crippen molar-refractivity contribution in [2.24, 2.45) is 16.6 Å². The second-order valence-corrected chi connectivity index (χ2v) is 7.96. The molecule has 4 rings (SSSR count). The Labute approximate surface area is 166 Å². The summed E-state index contributed by atoms with van der Waals surface area (Å²) < 4.78 is 55.6. The Hall–Kier alpha value is -2.14. The number of nitrogens with one attached hydrogen (secondary N) is 2. The van der Waals surface area contributed by atoms with E-state index in [1.165, 1.54) is 30.8 Å². The third kappa shape index (κ3) is 4.11. The van der Waals surface area contributed by atoms with E-state index in [1.54, 1.807) is 6.20 Å². The minimum absolute atomic E-state index is 0.357. The van der Waals surface area contributed by atoms with E-state index < -0.39 is 29.7 Å². The number of nitrogens with zero attached hydrogens (tertiary/aromatic N) is 4. The van der Waals surface area contributed by atoms with Crippen LogP contribution >= 0.6 is 0 Å². The number of halogens is 4. The van der Waals surface area contributed by atoms with Crippen molar-refractivity contribution in [3.8, 4) is 0 Å². The third-order valence-corrected chi connectivity index (χ3v) is 5.71. The zero-order chi connectivity index (χ0) is 20.8. The maximum absolute atomic E-state index is 14.8. The van der Waals surface area contributed by atoms with Crippen LogP contribution in [-0.2, 0) is 5.79 Å². The molecule has 29 heavy (non-hydrogen) atoms. The smallest absolute Gasteiger partial charge is 0.373 e. The first-order valence-electron chi connectivity index (χ1n) is 9.72. The number of piperidine rings is 1. The number of hydrogen-bond donors (Lipinski definition) is 3. The molecule has 3 atom stereocenters. The van der Waals surface area contributed by atoms with Crippen LogP contribution in [0.2, 0.25) is 0 Å². The van der Waals surface area contributed by atoms with E-state index >= 15 is 0 Å². The monoisotopic (exact) mass is 415 g/mol. The molecule has 1 aromatic rings. The number of likely N-dealkylation sites (tertiary alicyclic amines) is 1. The summed E-state index contributed by atoms with van der Waals surface area (Å²) in [5, 5.41) is 9.18. The van der Waals surface area contributed by atoms with E-state index in [0.29, 0.717) is 24.4 Å². The van der Waals surface area contributed by atoms with Gasteiger partial charge in [-0.1, -0.05) is 0 Å². The minimum atomic E-state index is -4.57. The number of nitrogens with two attached hydrogens (primary N) is 1. The first kappa shape index (κ1) is 20.1. The summed E-state index contributed by atoms with van der Waals surface area (Å²) in [7, 11) is 1.34. The van der Waals surface area contributed by atoms with Gasteiger partial charge in [0.25, 0.3) is 0 Å². The summed E-state index contributed by atoms with van der Waals surface area (Å²) in [5.41, 5.74) is 5.62. The average Bonchev–Trinajstić information content (AvgIpc) is 3.32. The molecule has 11 heteroatoms. The highest BCUT2D eigenvalue weighted by Gasteiger charge is 2.42. The number of amidine groups is 1. The Bertz CT molecular complexity index is 813. The van der Waals surface area contributed by atoms with Crippen LogP contribution in [0.4, 0.5) is 17.6 Å². The molecule has 1 aliphatic carbocycles. The zero-order valence-corrected chi connectivity index (χ0v) is 16.1. The molecular weight excluding hydrogens is 390 g/mol. The van der Waals surface area contributed by atoms with Crippen LogP contribution in [0, 0.1) is 5.92 Å². The number of rotatable bonds is 4. The third-order valence-electron chi connectivity index (χ3n) is 5.71. The lowest BCUT2D eigenvalue weighted by molar-refractivity contribution is -0.0872. The van der Waals surface area contributed by atoms with Gasteiger partial charge in [-0.25, -0.2) is 9.38 Å². The Morgan fingerprint density at radius 2 is 2.10 bits per heavy atom. The van der Waals surface area contributed by atoms with Crippen molar-refractivity contribution < 1.29 is 17.6 Å². The molecule has 0 aromatic carbocycles. The number of aromatic nitrogens is 2. The first-order valence-corrected chi connectivity index (χ1v) is 9.72. The fourth-order valence-electron chi connectivity index (χ4n) is 3.87. The van der Waals surface area contributed by atoms with Gasteiger partial charge in [-0.3, -0.25) is 10.4 Å². The molecule has 1 saturated heterocycles. The zero-order valence-electron chi connectivity index (χ0n) is 16.1. The lowest BCUT2D eigenvalue weighted by atomic mass is 10.0. The summed E-state index contributed by atoms with van der Waals surface area (Å²) in [4.78, 5) is 6.16. The molecule has 0 spiro atoms. The molecule has 3 aliphatic rings. The highest BCUT2D eigenvalue weighted by molar-refractivity contribution is 6.00. The predicted molar refractivity (Wildman–Crippen MR) is 99.6 cm³/mol. The van der Waals surface area contributed by atoms with Crippen molar-refractivity contribution in [3.05, 3.63) is 29.7 Å². The normalized spacial score (nSPS) is 31.1. The highest BCUT2D eigenvalue weighted by atomic mass is 19.4. The Morgan fingerprint density at radius 1 is 1.34 bits per heavy atom. The molecule has 2 aliphatic heterocycles. The molecule has 4 N–H and O–H groups in total. The largest absolute Gasteiger partial charge is 0.421 e. The van der Waals surface area contributed by atoms with Crippen molar-refractivity contribution in [1.82, 2.24) is 25.3 Å². The molecule has 3 heterocycles. The molecule has 1 saturated carbocycles. The van der Waals surface area contributed by atoms with Gasteiger partial charge in [0.15, 0.2) is 0 Å². The van der Waals surface area contributed by atoms with Crippen LogP contribution in [-0.4, -0.2) is 59.5 Å². The number of hydrogen-bond acceptors (Lipinski definition) is 6. The van der Waals surface area contributed by atoms with Crippen LogP contribution in [0.15, 0.2) is 29.2 Å². The van der Waals surface area contributed by atoms with Crippen molar-refractivity contribution in [2.75, 3.05) is 26.7 Å². The lowest BCUT2D eigenvalue weighted by Gasteiger charge is -2.35. The molecule has 0 radical (unpaired) electrons. The number of likely N-dealkylation sites (N-methyl/N-ethyl adjacent to an activating group) is 1. The number of alkyl halides is 4. The Balaban J connectivity index is 1.49. The van der Waals surface area contributed by atoms with Crippen LogP contribution in [0.5, 0.6) is 0 Å². The van der Waals surface area contributed by atoms with E-state index in [9.17, 15) is 17.6 Å². The van der Waals surface area contributed by atoms with Crippen molar-refractivity contribution in [2.45, 2.75) is 43.4 Å². The van der Waals surface area contributed by atoms with E-state index in [1.807, 2.05) is 0 Å². The van der Waals surface area contributed by atoms with Gasteiger partial charge in [0.2, 0.25) is 5.79 Å². The van der Waals surface area contributed by atoms with E-state index in [4.69, 9.17) is 5.73 Å². The Kier molecular flexibility index (Phi) is 5.06. The van der Waals surface area contributed by atoms with Gasteiger partial charge in [-0.05, 0) is 25.2 Å². The SMILES string of the molecule is CNC1=NC(N)(c2cnn([C@@H]3CCN(CC4CC4)C[C@H]3F)c2)NC=C1C(F)(F)F. The number of aliphatic imine (C=N–C) groups is 1. The van der Waals surface area contributed by atoms with Gasteiger partial charge >= 0.3 is 6.18 Å². The van der Waals surface area contributed by atoms with Crippen molar-refractivity contribution >= 4 is 5.84 Å². The molecule has 0 amide bonds. The maximum Gasteiger partial charge on any atom is 0.421 e. The van der Waals surface area contributed by atoms with Gasteiger partial charge in [-0.2, -0.15) is 18.3 Å². The van der Waals surface area contributed by atoms with E-state index in [2.05, 4.69) is 25.6 Å². The summed E-state index contributed by atoms with van der Waals surface area (Å²) in [5.74, 6) is -1.29. The molecule has 1 unspecified atom stereocenters. The molecular formula is C18H25F4N7. The van der Waals surface area contributed by atoms with Crippen LogP contribution in [0.1, 0.15) is 30.9 Å². The van der Waals surface area contributed by atoms with Crippen LogP contribution in [0.3, 0.4) is 0 Å². The van der Waals surface area contributed by atoms with Gasteiger partial charge in [0.1, 0.15) is 17.6 Å². The molecule has 0 bridgehead atoms. The molecule has 7 nitrogen and oxygen atoms in total. The summed E-state index contributed by atoms with van der Waals surface area (Å²) in [6.45, 7) is 2.10. The lowest BCUT2D eigenvalue weighted by Crippen LogP contribution is -2.52. The van der Waals surface area contributed by atoms with Crippen LogP contribution in [0.25, 0.3) is 0 Å². The summed E-state index contributed by atoms with van der Waals surface area (Å²) in [6, 6.07) is -0.430. The van der Waals surface area contributed by atoms with E-state index in [-0.39, 0.29) is 5.84 Å². The second-order valence-electron chi connectivity index (χ2n) is 7.96. The van der Waals surface area contributed by atoms with Crippen molar-refractivity contribution in [1.29, 1.82) is 0 Å². The standard InChI is InChI=1S/C18H25F4N7/c1-24-16-13(17(20,21)22)7-25-18(23,27-16)12-6-26-29(9-12)15-4-5-28(10-14(15)19)8-11-2-3-11/h6-7,9,11,14-15,25H,2-5,8,10,23H2,1H3,(H,24,27)/t14-,15-,18?/m1/s1. The maximum atomic E-state index is 14.8. The van der Waals surface area contributed by atoms with E-state index in [0.717, 1.165) is 19.3 Å². The highest BCUT2D eigenvalue weighted by Crippen LogP contribution is 2.34. The Morgan fingerprint density at radius 3 is 2.72 bits per heavy atom. The topological polar surface area (TPSA) is 83.5 Å². The van der Waals surface area contributed by atoms with Gasteiger partial charge in [-0.15, -0.1) is 0 Å². The average molecular weight is 415 g/mol. The molecule has 160 valence electrons. The predicted octanol–water partition coefficient (Wildman–Crippen LogP) is 1.61. The fourth-order valence-corrected chi connectivity index (χ4v) is 3.87. The second kappa shape index (κ2) is 7.28.